The fourth-order valence-corrected chi connectivity index (χ4v) is 2.49. The zero-order valence-corrected chi connectivity index (χ0v) is 11.4. The van der Waals surface area contributed by atoms with Crippen LogP contribution in [0.15, 0.2) is 24.3 Å². The predicted molar refractivity (Wildman–Crippen MR) is 75.7 cm³/mol. The van der Waals surface area contributed by atoms with E-state index in [2.05, 4.69) is 29.2 Å². The molecule has 2 rings (SSSR count). The van der Waals surface area contributed by atoms with Crippen LogP contribution in [0, 0.1) is 0 Å². The van der Waals surface area contributed by atoms with Crippen molar-refractivity contribution in [1.29, 1.82) is 0 Å². The van der Waals surface area contributed by atoms with Gasteiger partial charge >= 0.3 is 0 Å². The maximum Gasteiger partial charge on any atom is 0.0701 e. The van der Waals surface area contributed by atoms with Gasteiger partial charge in [0.25, 0.3) is 0 Å². The maximum absolute atomic E-state index is 8.74. The smallest absolute Gasteiger partial charge is 0.0701 e. The highest BCUT2D eigenvalue weighted by Gasteiger charge is 2.19. The molecule has 0 unspecified atom stereocenters. The Bertz CT molecular complexity index is 359. The molecule has 106 valence electrons. The van der Waals surface area contributed by atoms with E-state index >= 15 is 0 Å². The Morgan fingerprint density at radius 2 is 1.79 bits per heavy atom. The minimum Gasteiger partial charge on any atom is -0.394 e. The van der Waals surface area contributed by atoms with E-state index in [1.54, 1.807) is 0 Å². The second-order valence-electron chi connectivity index (χ2n) is 5.09. The van der Waals surface area contributed by atoms with Crippen molar-refractivity contribution in [2.45, 2.75) is 32.0 Å². The molecule has 4 nitrogen and oxygen atoms in total. The van der Waals surface area contributed by atoms with E-state index in [0.717, 1.165) is 32.5 Å². The Balaban J connectivity index is 1.75. The van der Waals surface area contributed by atoms with E-state index in [0.29, 0.717) is 19.3 Å². The van der Waals surface area contributed by atoms with Gasteiger partial charge in [-0.1, -0.05) is 24.3 Å². The molecule has 1 saturated heterocycles. The van der Waals surface area contributed by atoms with Crippen LogP contribution in [0.25, 0.3) is 0 Å². The summed E-state index contributed by atoms with van der Waals surface area (Å²) in [5, 5.41) is 8.74. The Labute approximate surface area is 115 Å². The van der Waals surface area contributed by atoms with E-state index in [9.17, 15) is 0 Å². The fourth-order valence-electron chi connectivity index (χ4n) is 2.49. The summed E-state index contributed by atoms with van der Waals surface area (Å²) in [6, 6.07) is 8.53. The molecule has 3 N–H and O–H groups in total. The van der Waals surface area contributed by atoms with Crippen molar-refractivity contribution < 1.29 is 9.84 Å². The lowest BCUT2D eigenvalue weighted by Crippen LogP contribution is -2.36. The molecule has 1 heterocycles. The Morgan fingerprint density at radius 3 is 2.37 bits per heavy atom. The summed E-state index contributed by atoms with van der Waals surface area (Å²) in [5.74, 6) is 0. The van der Waals surface area contributed by atoms with Crippen molar-refractivity contribution in [2.24, 2.45) is 5.73 Å². The lowest BCUT2D eigenvalue weighted by molar-refractivity contribution is -0.00901. The molecule has 0 radical (unpaired) electrons. The monoisotopic (exact) mass is 264 g/mol. The molecule has 1 fully saturated rings. The summed E-state index contributed by atoms with van der Waals surface area (Å²) in [6.45, 7) is 4.31. The van der Waals surface area contributed by atoms with Gasteiger partial charge in [-0.05, 0) is 24.0 Å². The number of rotatable bonds is 6. The van der Waals surface area contributed by atoms with Crippen LogP contribution < -0.4 is 5.73 Å². The molecule has 1 aromatic rings. The highest BCUT2D eigenvalue weighted by Crippen LogP contribution is 2.16. The van der Waals surface area contributed by atoms with Gasteiger partial charge in [0.15, 0.2) is 0 Å². The standard InChI is InChI=1S/C15H24N2O2/c16-11-13-1-3-14(4-2-13)12-17-7-5-15(6-8-17)19-10-9-18/h1-4,15,18H,5-12,16H2. The van der Waals surface area contributed by atoms with Gasteiger partial charge in [0, 0.05) is 26.2 Å². The minimum absolute atomic E-state index is 0.119. The highest BCUT2D eigenvalue weighted by atomic mass is 16.5. The number of benzene rings is 1. The summed E-state index contributed by atoms with van der Waals surface area (Å²) in [6.07, 6.45) is 2.44. The third kappa shape index (κ3) is 4.58. The molecule has 0 amide bonds. The van der Waals surface area contributed by atoms with E-state index in [1.165, 1.54) is 11.1 Å². The molecule has 0 aromatic heterocycles. The molecule has 4 heteroatoms. The fraction of sp³-hybridized carbons (Fsp3) is 0.600. The van der Waals surface area contributed by atoms with Crippen molar-refractivity contribution in [3.8, 4) is 0 Å². The first-order chi connectivity index (χ1) is 9.31. The summed E-state index contributed by atoms with van der Waals surface area (Å²) in [5.41, 5.74) is 8.12. The second kappa shape index (κ2) is 7.60. The van der Waals surface area contributed by atoms with Crippen LogP contribution in [0.4, 0.5) is 0 Å². The zero-order chi connectivity index (χ0) is 13.5. The molecule has 1 aliphatic rings. The quantitative estimate of drug-likeness (QED) is 0.808. The molecule has 0 bridgehead atoms. The third-order valence-corrected chi connectivity index (χ3v) is 3.64. The average Bonchev–Trinajstić information content (AvgIpc) is 2.47. The number of nitrogens with zero attached hydrogens (tertiary/aromatic N) is 1. The third-order valence-electron chi connectivity index (χ3n) is 3.64. The van der Waals surface area contributed by atoms with Crippen LogP contribution in [0.1, 0.15) is 24.0 Å². The van der Waals surface area contributed by atoms with E-state index < -0.39 is 0 Å². The van der Waals surface area contributed by atoms with Gasteiger partial charge < -0.3 is 15.6 Å². The highest BCUT2D eigenvalue weighted by molar-refractivity contribution is 5.22. The van der Waals surface area contributed by atoms with Gasteiger partial charge in [0.05, 0.1) is 19.3 Å². The van der Waals surface area contributed by atoms with Crippen molar-refractivity contribution in [3.05, 3.63) is 35.4 Å². The van der Waals surface area contributed by atoms with Gasteiger partial charge in [-0.2, -0.15) is 0 Å². The van der Waals surface area contributed by atoms with E-state index in [4.69, 9.17) is 15.6 Å². The lowest BCUT2D eigenvalue weighted by atomic mass is 10.1. The minimum atomic E-state index is 0.119. The predicted octanol–water partition coefficient (Wildman–Crippen LogP) is 1.12. The Kier molecular flexibility index (Phi) is 5.79. The molecule has 19 heavy (non-hydrogen) atoms. The van der Waals surface area contributed by atoms with E-state index in [1.807, 2.05) is 0 Å². The first-order valence-corrected chi connectivity index (χ1v) is 7.04. The van der Waals surface area contributed by atoms with Gasteiger partial charge in [0.2, 0.25) is 0 Å². The lowest BCUT2D eigenvalue weighted by Gasteiger charge is -2.31. The first kappa shape index (κ1) is 14.5. The van der Waals surface area contributed by atoms with Crippen LogP contribution in [0.3, 0.4) is 0 Å². The molecule has 1 aliphatic heterocycles. The molecular weight excluding hydrogens is 240 g/mol. The maximum atomic E-state index is 8.74. The first-order valence-electron chi connectivity index (χ1n) is 7.04. The molecule has 0 saturated carbocycles. The topological polar surface area (TPSA) is 58.7 Å². The van der Waals surface area contributed by atoms with Crippen molar-refractivity contribution >= 4 is 0 Å². The largest absolute Gasteiger partial charge is 0.394 e. The molecule has 0 spiro atoms. The summed E-state index contributed by atoms with van der Waals surface area (Å²) >= 11 is 0. The van der Waals surface area contributed by atoms with Crippen LogP contribution in [0.2, 0.25) is 0 Å². The van der Waals surface area contributed by atoms with Crippen LogP contribution in [-0.2, 0) is 17.8 Å². The Hall–Kier alpha value is -0.940. The summed E-state index contributed by atoms with van der Waals surface area (Å²) < 4.78 is 5.57. The van der Waals surface area contributed by atoms with Crippen molar-refractivity contribution in [2.75, 3.05) is 26.3 Å². The summed E-state index contributed by atoms with van der Waals surface area (Å²) in [7, 11) is 0. The number of aliphatic hydroxyl groups is 1. The molecule has 0 atom stereocenters. The number of nitrogens with two attached hydrogens (primary N) is 1. The Morgan fingerprint density at radius 1 is 1.16 bits per heavy atom. The van der Waals surface area contributed by atoms with Gasteiger partial charge in [0.1, 0.15) is 0 Å². The zero-order valence-electron chi connectivity index (χ0n) is 11.4. The number of ether oxygens (including phenoxy) is 1. The summed E-state index contributed by atoms with van der Waals surface area (Å²) in [4.78, 5) is 2.45. The van der Waals surface area contributed by atoms with Crippen LogP contribution in [0.5, 0.6) is 0 Å². The number of hydrogen-bond acceptors (Lipinski definition) is 4. The van der Waals surface area contributed by atoms with E-state index in [-0.39, 0.29) is 6.61 Å². The number of aliphatic hydroxyl groups excluding tert-OH is 1. The number of hydrogen-bond donors (Lipinski definition) is 2. The second-order valence-corrected chi connectivity index (χ2v) is 5.09. The van der Waals surface area contributed by atoms with Gasteiger partial charge in [-0.15, -0.1) is 0 Å². The van der Waals surface area contributed by atoms with Gasteiger partial charge in [-0.3, -0.25) is 4.90 Å². The SMILES string of the molecule is NCc1ccc(CN2CCC(OCCO)CC2)cc1. The van der Waals surface area contributed by atoms with Gasteiger partial charge in [-0.25, -0.2) is 0 Å². The van der Waals surface area contributed by atoms with Crippen molar-refractivity contribution in [3.63, 3.8) is 0 Å². The number of piperidine rings is 1. The molecule has 0 aliphatic carbocycles. The normalized spacial score (nSPS) is 17.8. The van der Waals surface area contributed by atoms with Crippen molar-refractivity contribution in [1.82, 2.24) is 4.90 Å². The number of likely N-dealkylation sites (tertiary alicyclic amines) is 1. The molecular formula is C15H24N2O2. The van der Waals surface area contributed by atoms with Crippen LogP contribution >= 0.6 is 0 Å². The average molecular weight is 264 g/mol. The van der Waals surface area contributed by atoms with Crippen LogP contribution in [-0.4, -0.2) is 42.4 Å². The molecule has 1 aromatic carbocycles.